The quantitative estimate of drug-likeness (QED) is 0.0197. The Morgan fingerprint density at radius 2 is 0.738 bits per heavy atom. The molecule has 10 unspecified atom stereocenters. The molecule has 3 fully saturated rings. The van der Waals surface area contributed by atoms with Crippen LogP contribution in [0.15, 0.2) is 36.5 Å². The Morgan fingerprint density at radius 1 is 0.408 bits per heavy atom. The van der Waals surface area contributed by atoms with Gasteiger partial charge in [-0.15, -0.1) is 0 Å². The third-order valence-corrected chi connectivity index (χ3v) is 96.7. The Morgan fingerprint density at radius 3 is 1.13 bits per heavy atom. The second-order valence-electron chi connectivity index (χ2n) is 36.2. The van der Waals surface area contributed by atoms with E-state index in [1.165, 1.54) is 0 Å². The fourth-order valence-corrected chi connectivity index (χ4v) is 121. The molecule has 0 aromatic heterocycles. The molecule has 0 aromatic carbocycles. The van der Waals surface area contributed by atoms with Gasteiger partial charge in [-0.05, 0) is 320 Å². The van der Waals surface area contributed by atoms with Crippen LogP contribution in [0.5, 0.6) is 0 Å². The minimum atomic E-state index is -3.20. The van der Waals surface area contributed by atoms with Crippen molar-refractivity contribution in [2.45, 2.75) is 320 Å². The van der Waals surface area contributed by atoms with Crippen molar-refractivity contribution in [1.82, 2.24) is 0 Å². The molecule has 0 saturated carbocycles. The van der Waals surface area contributed by atoms with E-state index in [1.807, 2.05) is 13.1 Å². The van der Waals surface area contributed by atoms with E-state index >= 15 is 0 Å². The van der Waals surface area contributed by atoms with Gasteiger partial charge in [0, 0.05) is 16.7 Å². The van der Waals surface area contributed by atoms with Crippen molar-refractivity contribution in [1.29, 1.82) is 0 Å². The first-order chi connectivity index (χ1) is 46.2. The molecule has 22 nitrogen and oxygen atoms in total. The number of hydrogen-bond acceptors (Lipinski definition) is 22. The van der Waals surface area contributed by atoms with E-state index in [0.29, 0.717) is 78.3 Å². The Kier molecular flexibility index (Phi) is 36.7. The zero-order valence-corrected chi connectivity index (χ0v) is 89.7. The third kappa shape index (κ3) is 37.7. The Hall–Kier alpha value is 1.11. The molecule has 3 saturated heterocycles. The van der Waals surface area contributed by atoms with E-state index in [-0.39, 0.29) is 19.8 Å². The topological polar surface area (TPSA) is 238 Å². The van der Waals surface area contributed by atoms with Crippen LogP contribution in [0.1, 0.15) is 46.5 Å². The van der Waals surface area contributed by atoms with Crippen molar-refractivity contribution < 1.29 is 95.1 Å². The van der Waals surface area contributed by atoms with E-state index < -0.39 is 180 Å². The summed E-state index contributed by atoms with van der Waals surface area (Å²) in [6, 6.07) is 11.2. The van der Waals surface area contributed by atoms with E-state index in [1.54, 1.807) is 20.8 Å². The van der Waals surface area contributed by atoms with Crippen LogP contribution in [0, 0.1) is 0 Å². The van der Waals surface area contributed by atoms with Crippen LogP contribution in [0.3, 0.4) is 0 Å². The van der Waals surface area contributed by atoms with Gasteiger partial charge in [0.15, 0.2) is 58.9 Å². The van der Waals surface area contributed by atoms with Crippen LogP contribution in [-0.2, 0) is 90.3 Å². The molecule has 3 aliphatic heterocycles. The number of unbranched alkanes of at least 4 members (excludes halogenated alkanes) is 1. The van der Waals surface area contributed by atoms with Crippen molar-refractivity contribution in [3.05, 3.63) is 36.5 Å². The molecule has 41 heteroatoms. The van der Waals surface area contributed by atoms with Gasteiger partial charge >= 0.3 is 121 Å². The van der Waals surface area contributed by atoms with Gasteiger partial charge in [-0.3, -0.25) is 0 Å². The molecule has 103 heavy (non-hydrogen) atoms. The standard InChI is InChI=1S/C62H146O22Si19/c1-57(2)60(63)67-39-35-36-42-99(30)79-97(28,52-46-90(16,17)75-93(22,23)74-89(14,15)45-51-95(26,66)78-96(27,70-85(7)8)43-37-40-68-61(64)58(3)4)71-86(9)72-98(29,80-99)53-47-91(18,19)76-94(24,25)77-92(20,21)50-56-102(33)82-100(31,44-38-41-69-62(65)59(5)6)81-101(32)54-48-87(10,11)73-88(12,13)49-55-103(34,83-101)84-102/h66,85-86H,1,3,5,35-56H2,2,4,6-34H3. The largest absolute Gasteiger partial charge is 0.462 e. The predicted octanol–water partition coefficient (Wildman–Crippen LogP) is 17.3. The van der Waals surface area contributed by atoms with Crippen molar-refractivity contribution in [2.24, 2.45) is 0 Å². The molecule has 0 aromatic rings. The second kappa shape index (κ2) is 38.5. The molecule has 3 aliphatic rings. The fraction of sp³-hybridized carbons (Fsp3) is 0.855. The van der Waals surface area contributed by atoms with Gasteiger partial charge in [0.1, 0.15) is 0 Å². The molecular weight excluding hydrogens is 1630 g/mol. The summed E-state index contributed by atoms with van der Waals surface area (Å²) in [6.45, 7) is 78.8. The maximum Gasteiger partial charge on any atom is 0.333 e. The lowest BCUT2D eigenvalue weighted by Gasteiger charge is -2.52. The number of carbonyl (C=O) groups excluding carboxylic acids is 3. The lowest BCUT2D eigenvalue weighted by molar-refractivity contribution is -0.139. The van der Waals surface area contributed by atoms with E-state index in [4.69, 9.17) is 75.9 Å². The highest BCUT2D eigenvalue weighted by Crippen LogP contribution is 2.44. The monoisotopic (exact) mass is 1770 g/mol. The summed E-state index contributed by atoms with van der Waals surface area (Å²) >= 11 is 0. The Labute approximate surface area is 646 Å². The molecule has 10 atom stereocenters. The van der Waals surface area contributed by atoms with Gasteiger partial charge in [-0.2, -0.15) is 0 Å². The summed E-state index contributed by atoms with van der Waals surface area (Å²) in [5, 5.41) is 0. The summed E-state index contributed by atoms with van der Waals surface area (Å²) in [7, 11) is -50.0. The molecule has 2 bridgehead atoms. The minimum Gasteiger partial charge on any atom is -0.462 e. The van der Waals surface area contributed by atoms with E-state index in [2.05, 4.69) is 190 Å². The normalized spacial score (nSPS) is 29.0. The number of carbonyl (C=O) groups is 3. The van der Waals surface area contributed by atoms with Crippen LogP contribution >= 0.6 is 0 Å². The SMILES string of the molecule is C=C(C)C(=O)OCCCC[Si]1(C)O[Si](C)(CC[Si](C)(C)O[Si](C)(C)O[Si](C)(C)CC[Si](C)(O)O[Si](C)(CCCOC(=O)C(=C)C)O[SiH](C)C)O[SiH](C)O[Si](C)(CC[Si](C)(C)O[Si](C)(C)O[Si](C)(C)CC[Si]2(C)O[Si](C)(CCCOC(=O)C(=C)C)O[Si]3(C)CC[Si](C)(C)O[Si](C)(C)CC[Si](C)(O3)O2)O1. The molecule has 0 aliphatic carbocycles. The summed E-state index contributed by atoms with van der Waals surface area (Å²) in [4.78, 5) is 48.9. The number of fused-ring (bicyclic) bond motifs is 2. The van der Waals surface area contributed by atoms with E-state index in [9.17, 15) is 19.2 Å². The summed E-state index contributed by atoms with van der Waals surface area (Å²) in [5.74, 6) is -1.20. The fourth-order valence-electron chi connectivity index (χ4n) is 14.6. The van der Waals surface area contributed by atoms with E-state index in [0.717, 1.165) is 54.8 Å². The summed E-state index contributed by atoms with van der Waals surface area (Å²) in [5.41, 5.74) is 1.11. The molecule has 1 N–H and O–H groups in total. The van der Waals surface area contributed by atoms with Crippen LogP contribution in [0.25, 0.3) is 0 Å². The smallest absolute Gasteiger partial charge is 0.333 e. The van der Waals surface area contributed by atoms with Crippen LogP contribution in [0.2, 0.25) is 274 Å². The van der Waals surface area contributed by atoms with Gasteiger partial charge in [-0.1, -0.05) is 19.7 Å². The van der Waals surface area contributed by atoms with Gasteiger partial charge in [-0.25, -0.2) is 14.4 Å². The second-order valence-corrected chi connectivity index (χ2v) is 107. The maximum absolute atomic E-state index is 12.5. The van der Waals surface area contributed by atoms with Gasteiger partial charge in [0.2, 0.25) is 0 Å². The van der Waals surface area contributed by atoms with Crippen LogP contribution in [-0.4, -0.2) is 205 Å². The molecule has 3 rings (SSSR count). The van der Waals surface area contributed by atoms with Gasteiger partial charge in [0.05, 0.1) is 19.8 Å². The van der Waals surface area contributed by atoms with Crippen molar-refractivity contribution >= 4 is 180 Å². The predicted molar refractivity (Wildman–Crippen MR) is 463 cm³/mol. The lowest BCUT2D eigenvalue weighted by Crippen LogP contribution is -2.68. The Bertz CT molecular complexity index is 2850. The minimum absolute atomic E-state index is 0.244. The zero-order chi connectivity index (χ0) is 79.4. The van der Waals surface area contributed by atoms with Crippen molar-refractivity contribution in [3.63, 3.8) is 0 Å². The first kappa shape index (κ1) is 98.3. The number of rotatable bonds is 40. The van der Waals surface area contributed by atoms with Crippen molar-refractivity contribution in [2.75, 3.05) is 19.8 Å². The van der Waals surface area contributed by atoms with Crippen LogP contribution < -0.4 is 0 Å². The lowest BCUT2D eigenvalue weighted by atomic mass is 10.3. The highest BCUT2D eigenvalue weighted by atomic mass is 28.5. The zero-order valence-electron chi connectivity index (χ0n) is 70.4. The summed E-state index contributed by atoms with van der Waals surface area (Å²) in [6.07, 6.45) is 2.56. The van der Waals surface area contributed by atoms with Crippen LogP contribution in [0.4, 0.5) is 0 Å². The maximum atomic E-state index is 12.5. The molecule has 0 amide bonds. The average molecular weight is 1780 g/mol. The first-order valence-electron chi connectivity index (χ1n) is 37.9. The highest BCUT2D eigenvalue weighted by Gasteiger charge is 2.60. The van der Waals surface area contributed by atoms with Gasteiger partial charge in [0.25, 0.3) is 0 Å². The van der Waals surface area contributed by atoms with Gasteiger partial charge < -0.3 is 80.7 Å². The third-order valence-electron chi connectivity index (χ3n) is 18.4. The number of ether oxygens (including phenoxy) is 3. The summed E-state index contributed by atoms with van der Waals surface area (Å²) < 4.78 is 126. The highest BCUT2D eigenvalue weighted by molar-refractivity contribution is 6.97. The number of esters is 3. The average Bonchev–Trinajstić information content (AvgIpc) is 0.761. The first-order valence-corrected chi connectivity index (χ1v) is 89.8. The molecule has 0 spiro atoms. The van der Waals surface area contributed by atoms with Crippen molar-refractivity contribution in [3.8, 4) is 0 Å². The molecule has 602 valence electrons. The molecule has 3 heterocycles. The molecular formula is C62H146O22Si19. The number of hydrogen-bond donors (Lipinski definition) is 1. The molecule has 0 radical (unpaired) electrons. The Balaban J connectivity index is 1.82.